The first-order valence-corrected chi connectivity index (χ1v) is 4.52. The van der Waals surface area contributed by atoms with E-state index in [1.807, 2.05) is 12.1 Å². The third-order valence-electron chi connectivity index (χ3n) is 2.18. The van der Waals surface area contributed by atoms with E-state index in [4.69, 9.17) is 16.9 Å². The van der Waals surface area contributed by atoms with E-state index < -0.39 is 0 Å². The number of allylic oxidation sites excluding steroid dienone is 1. The SMILES string of the molecule is N#CC1=Cc2cc(Cl)ccc2CC1=O. The van der Waals surface area contributed by atoms with Crippen LogP contribution in [-0.4, -0.2) is 5.78 Å². The minimum Gasteiger partial charge on any atom is -0.293 e. The minimum absolute atomic E-state index is 0.123. The van der Waals surface area contributed by atoms with Crippen LogP contribution in [-0.2, 0) is 11.2 Å². The molecule has 0 aromatic heterocycles. The highest BCUT2D eigenvalue weighted by Crippen LogP contribution is 2.24. The molecule has 0 bridgehead atoms. The van der Waals surface area contributed by atoms with E-state index >= 15 is 0 Å². The van der Waals surface area contributed by atoms with Crippen LogP contribution in [0.25, 0.3) is 6.08 Å². The lowest BCUT2D eigenvalue weighted by molar-refractivity contribution is -0.114. The van der Waals surface area contributed by atoms with Crippen molar-refractivity contribution in [3.63, 3.8) is 0 Å². The van der Waals surface area contributed by atoms with Gasteiger partial charge in [-0.05, 0) is 29.3 Å². The van der Waals surface area contributed by atoms with Crippen molar-refractivity contribution in [1.29, 1.82) is 5.26 Å². The minimum atomic E-state index is -0.123. The summed E-state index contributed by atoms with van der Waals surface area (Å²) in [6, 6.07) is 7.22. The summed E-state index contributed by atoms with van der Waals surface area (Å²) in [5.41, 5.74) is 2.01. The van der Waals surface area contributed by atoms with Gasteiger partial charge in [0.15, 0.2) is 5.78 Å². The Morgan fingerprint density at radius 3 is 2.93 bits per heavy atom. The predicted octanol–water partition coefficient (Wildman–Crippen LogP) is 2.37. The smallest absolute Gasteiger partial charge is 0.177 e. The van der Waals surface area contributed by atoms with E-state index in [0.717, 1.165) is 11.1 Å². The molecule has 1 aliphatic rings. The Bertz CT molecular complexity index is 483. The summed E-state index contributed by atoms with van der Waals surface area (Å²) < 4.78 is 0. The van der Waals surface area contributed by atoms with Crippen LogP contribution in [0.15, 0.2) is 23.8 Å². The van der Waals surface area contributed by atoms with Crippen molar-refractivity contribution in [1.82, 2.24) is 0 Å². The molecule has 3 heteroatoms. The number of nitrogens with zero attached hydrogens (tertiary/aromatic N) is 1. The summed E-state index contributed by atoms with van der Waals surface area (Å²) in [5, 5.41) is 9.30. The molecule has 0 atom stereocenters. The molecule has 1 aromatic rings. The fraction of sp³-hybridized carbons (Fsp3) is 0.0909. The average molecular weight is 204 g/mol. The predicted molar refractivity (Wildman–Crippen MR) is 53.8 cm³/mol. The molecule has 14 heavy (non-hydrogen) atoms. The number of rotatable bonds is 0. The summed E-state index contributed by atoms with van der Waals surface area (Å²) in [6.45, 7) is 0. The Kier molecular flexibility index (Phi) is 2.11. The first-order chi connectivity index (χ1) is 6.70. The lowest BCUT2D eigenvalue weighted by atomic mass is 9.92. The molecular weight excluding hydrogens is 198 g/mol. The Morgan fingerprint density at radius 1 is 1.43 bits per heavy atom. The van der Waals surface area contributed by atoms with E-state index in [0.29, 0.717) is 11.4 Å². The topological polar surface area (TPSA) is 40.9 Å². The molecule has 0 saturated carbocycles. The number of hydrogen-bond acceptors (Lipinski definition) is 2. The second-order valence-electron chi connectivity index (χ2n) is 3.11. The zero-order valence-corrected chi connectivity index (χ0v) is 8.01. The van der Waals surface area contributed by atoms with Gasteiger partial charge in [0, 0.05) is 11.4 Å². The number of nitriles is 1. The van der Waals surface area contributed by atoms with Crippen molar-refractivity contribution < 1.29 is 4.79 Å². The molecule has 0 amide bonds. The van der Waals surface area contributed by atoms with Crippen molar-refractivity contribution in [2.45, 2.75) is 6.42 Å². The fourth-order valence-corrected chi connectivity index (χ4v) is 1.64. The summed E-state index contributed by atoms with van der Waals surface area (Å²) in [5.74, 6) is -0.123. The molecule has 0 radical (unpaired) electrons. The Hall–Kier alpha value is -1.59. The highest BCUT2D eigenvalue weighted by Gasteiger charge is 2.17. The van der Waals surface area contributed by atoms with Crippen LogP contribution in [0.1, 0.15) is 11.1 Å². The monoisotopic (exact) mass is 203 g/mol. The molecule has 0 N–H and O–H groups in total. The first-order valence-electron chi connectivity index (χ1n) is 4.14. The molecule has 1 aromatic carbocycles. The third kappa shape index (κ3) is 1.43. The van der Waals surface area contributed by atoms with Gasteiger partial charge in [-0.2, -0.15) is 5.26 Å². The Morgan fingerprint density at radius 2 is 2.21 bits per heavy atom. The van der Waals surface area contributed by atoms with Crippen LogP contribution in [0.2, 0.25) is 5.02 Å². The molecule has 0 aliphatic heterocycles. The summed E-state index contributed by atoms with van der Waals surface area (Å²) in [4.78, 5) is 11.3. The van der Waals surface area contributed by atoms with E-state index in [2.05, 4.69) is 0 Å². The van der Waals surface area contributed by atoms with E-state index in [1.165, 1.54) is 0 Å². The number of fused-ring (bicyclic) bond motifs is 1. The second kappa shape index (κ2) is 3.28. The van der Waals surface area contributed by atoms with Gasteiger partial charge in [-0.15, -0.1) is 0 Å². The van der Waals surface area contributed by atoms with Gasteiger partial charge >= 0.3 is 0 Å². The molecule has 68 valence electrons. The number of benzene rings is 1. The molecule has 2 nitrogen and oxygen atoms in total. The second-order valence-corrected chi connectivity index (χ2v) is 3.55. The normalized spacial score (nSPS) is 14.3. The van der Waals surface area contributed by atoms with Crippen LogP contribution < -0.4 is 0 Å². The maximum Gasteiger partial charge on any atom is 0.177 e. The Labute approximate surface area is 86.4 Å². The van der Waals surface area contributed by atoms with Gasteiger partial charge in [0.2, 0.25) is 0 Å². The lowest BCUT2D eigenvalue weighted by Crippen LogP contribution is -2.10. The largest absolute Gasteiger partial charge is 0.293 e. The van der Waals surface area contributed by atoms with Crippen LogP contribution >= 0.6 is 11.6 Å². The molecule has 1 aliphatic carbocycles. The molecule has 0 fully saturated rings. The van der Waals surface area contributed by atoms with E-state index in [-0.39, 0.29) is 11.4 Å². The Balaban J connectivity index is 2.59. The summed E-state index contributed by atoms with van der Waals surface area (Å²) in [6.07, 6.45) is 1.89. The van der Waals surface area contributed by atoms with Gasteiger partial charge < -0.3 is 0 Å². The van der Waals surface area contributed by atoms with E-state index in [9.17, 15) is 4.79 Å². The van der Waals surface area contributed by atoms with Crippen molar-refractivity contribution in [3.05, 3.63) is 39.9 Å². The van der Waals surface area contributed by atoms with Crippen molar-refractivity contribution in [2.75, 3.05) is 0 Å². The number of ketones is 1. The van der Waals surface area contributed by atoms with Gasteiger partial charge in [0.25, 0.3) is 0 Å². The van der Waals surface area contributed by atoms with Crippen molar-refractivity contribution in [3.8, 4) is 6.07 Å². The van der Waals surface area contributed by atoms with Gasteiger partial charge in [-0.1, -0.05) is 17.7 Å². The molecule has 0 spiro atoms. The van der Waals surface area contributed by atoms with Crippen molar-refractivity contribution in [2.24, 2.45) is 0 Å². The fourth-order valence-electron chi connectivity index (χ4n) is 1.46. The number of halogens is 1. The molecule has 2 rings (SSSR count). The van der Waals surface area contributed by atoms with Crippen LogP contribution in [0.5, 0.6) is 0 Å². The molecule has 0 heterocycles. The van der Waals surface area contributed by atoms with Crippen LogP contribution in [0, 0.1) is 11.3 Å². The van der Waals surface area contributed by atoms with Gasteiger partial charge in [0.05, 0.1) is 5.57 Å². The average Bonchev–Trinajstić information content (AvgIpc) is 2.17. The maximum atomic E-state index is 11.3. The summed E-state index contributed by atoms with van der Waals surface area (Å²) >= 11 is 5.81. The number of carbonyl (C=O) groups excluding carboxylic acids is 1. The highest BCUT2D eigenvalue weighted by molar-refractivity contribution is 6.30. The highest BCUT2D eigenvalue weighted by atomic mass is 35.5. The maximum absolute atomic E-state index is 11.3. The molecule has 0 unspecified atom stereocenters. The first kappa shape index (κ1) is 8.98. The zero-order chi connectivity index (χ0) is 10.1. The van der Waals surface area contributed by atoms with Gasteiger partial charge in [0.1, 0.15) is 6.07 Å². The van der Waals surface area contributed by atoms with Crippen LogP contribution in [0.4, 0.5) is 0 Å². The van der Waals surface area contributed by atoms with E-state index in [1.54, 1.807) is 18.2 Å². The number of Topliss-reactive ketones (excluding diaryl/α,β-unsaturated/α-hetero) is 1. The lowest BCUT2D eigenvalue weighted by Gasteiger charge is -2.11. The van der Waals surface area contributed by atoms with Gasteiger partial charge in [-0.25, -0.2) is 0 Å². The van der Waals surface area contributed by atoms with Crippen LogP contribution in [0.3, 0.4) is 0 Å². The number of hydrogen-bond donors (Lipinski definition) is 0. The summed E-state index contributed by atoms with van der Waals surface area (Å²) in [7, 11) is 0. The quantitative estimate of drug-likeness (QED) is 0.650. The number of carbonyl (C=O) groups is 1. The third-order valence-corrected chi connectivity index (χ3v) is 2.41. The zero-order valence-electron chi connectivity index (χ0n) is 7.25. The van der Waals surface area contributed by atoms with Crippen molar-refractivity contribution >= 4 is 23.5 Å². The molecular formula is C11H6ClNO. The standard InChI is InChI=1S/C11H6ClNO/c12-10-2-1-7-5-11(14)9(6-13)3-8(7)4-10/h1-4H,5H2. The van der Waals surface area contributed by atoms with Gasteiger partial charge in [-0.3, -0.25) is 4.79 Å². The molecule has 0 saturated heterocycles.